The summed E-state index contributed by atoms with van der Waals surface area (Å²) in [6.45, 7) is 13.3. The zero-order valence-electron chi connectivity index (χ0n) is 24.3. The molecule has 1 aliphatic heterocycles. The number of carbonyl (C=O) groups excluding carboxylic acids is 2. The highest BCUT2D eigenvalue weighted by Crippen LogP contribution is 2.42. The fourth-order valence-electron chi connectivity index (χ4n) is 5.15. The van der Waals surface area contributed by atoms with Crippen LogP contribution in [0.5, 0.6) is 11.5 Å². The summed E-state index contributed by atoms with van der Waals surface area (Å²) >= 11 is 0. The lowest BCUT2D eigenvalue weighted by Gasteiger charge is -2.28. The maximum Gasteiger partial charge on any atom is 0.295 e. The van der Waals surface area contributed by atoms with Crippen LogP contribution in [0.15, 0.2) is 48.2 Å². The monoisotopic (exact) mass is 548 g/mol. The fraction of sp³-hybridized carbons (Fsp3) is 0.452. The van der Waals surface area contributed by atoms with E-state index in [4.69, 9.17) is 9.47 Å². The number of methoxy groups -OCH3 is 1. The number of aliphatic hydroxyl groups excluding tert-OH is 1. The van der Waals surface area contributed by atoms with Crippen LogP contribution in [-0.2, 0) is 9.59 Å². The number of ether oxygens (including phenoxy) is 2. The minimum atomic E-state index is -0.803. The van der Waals surface area contributed by atoms with Gasteiger partial charge in [0.15, 0.2) is 17.3 Å². The maximum absolute atomic E-state index is 13.6. The molecule has 1 fully saturated rings. The number of hydrogen-bond donors (Lipinski definition) is 1. The predicted molar refractivity (Wildman–Crippen MR) is 155 cm³/mol. The minimum absolute atomic E-state index is 0.0360. The lowest BCUT2D eigenvalue weighted by Crippen LogP contribution is -2.38. The normalized spacial score (nSPS) is 17.0. The highest BCUT2D eigenvalue weighted by molar-refractivity contribution is 6.46. The second kappa shape index (κ2) is 12.6. The number of benzene rings is 1. The SMILES string of the molecule is CCN(CC)CCN1C(=O)C(=O)/C(=C(/O)c2c(C)nc3ccccn23)C1c1ccc(OCCC(C)C)c(OC)c1. The molecule has 9 heteroatoms. The second-order valence-corrected chi connectivity index (χ2v) is 10.4. The average Bonchev–Trinajstić information content (AvgIpc) is 3.41. The van der Waals surface area contributed by atoms with Crippen LogP contribution in [-0.4, -0.2) is 75.9 Å². The summed E-state index contributed by atoms with van der Waals surface area (Å²) in [6, 6.07) is 10.1. The van der Waals surface area contributed by atoms with Crippen molar-refractivity contribution in [2.75, 3.05) is 39.9 Å². The van der Waals surface area contributed by atoms with Crippen molar-refractivity contribution >= 4 is 23.1 Å². The molecule has 1 unspecified atom stereocenters. The van der Waals surface area contributed by atoms with Crippen molar-refractivity contribution in [3.63, 3.8) is 0 Å². The molecule has 0 aliphatic carbocycles. The van der Waals surface area contributed by atoms with Gasteiger partial charge >= 0.3 is 0 Å². The first-order valence-corrected chi connectivity index (χ1v) is 14.0. The van der Waals surface area contributed by atoms with E-state index in [1.807, 2.05) is 24.3 Å². The lowest BCUT2D eigenvalue weighted by molar-refractivity contribution is -0.140. The third kappa shape index (κ3) is 5.70. The zero-order valence-corrected chi connectivity index (χ0v) is 24.3. The molecule has 1 atom stereocenters. The summed E-state index contributed by atoms with van der Waals surface area (Å²) in [6.07, 6.45) is 2.68. The topological polar surface area (TPSA) is 96.6 Å². The molecule has 3 aromatic rings. The van der Waals surface area contributed by atoms with Crippen LogP contribution in [0.1, 0.15) is 57.1 Å². The molecule has 2 aromatic heterocycles. The number of carbonyl (C=O) groups is 2. The van der Waals surface area contributed by atoms with Crippen LogP contribution in [0.3, 0.4) is 0 Å². The number of rotatable bonds is 12. The van der Waals surface area contributed by atoms with Crippen LogP contribution >= 0.6 is 0 Å². The Bertz CT molecular complexity index is 1410. The Kier molecular flexibility index (Phi) is 9.14. The van der Waals surface area contributed by atoms with Gasteiger partial charge in [0.2, 0.25) is 0 Å². The Morgan fingerprint density at radius 1 is 1.12 bits per heavy atom. The van der Waals surface area contributed by atoms with Crippen molar-refractivity contribution in [2.45, 2.75) is 47.1 Å². The van der Waals surface area contributed by atoms with Crippen molar-refractivity contribution in [3.8, 4) is 11.5 Å². The van der Waals surface area contributed by atoms with E-state index in [9.17, 15) is 14.7 Å². The Morgan fingerprint density at radius 3 is 2.55 bits per heavy atom. The zero-order chi connectivity index (χ0) is 29.0. The van der Waals surface area contributed by atoms with Crippen LogP contribution in [0.25, 0.3) is 11.4 Å². The summed E-state index contributed by atoms with van der Waals surface area (Å²) in [4.78, 5) is 35.3. The van der Waals surface area contributed by atoms with Crippen molar-refractivity contribution in [2.24, 2.45) is 5.92 Å². The van der Waals surface area contributed by atoms with E-state index in [1.165, 1.54) is 0 Å². The first kappa shape index (κ1) is 29.1. The van der Waals surface area contributed by atoms with E-state index in [1.54, 1.807) is 41.7 Å². The standard InChI is InChI=1S/C31H40N4O5/c1-7-33(8-2)16-17-35-28(22-12-13-23(24(19-22)39-6)40-18-14-20(3)4)26(30(37)31(35)38)29(36)27-21(5)32-25-11-9-10-15-34(25)27/h9-13,15,19-20,28,36H,7-8,14,16-18H2,1-6H3/b29-26+. The molecular formula is C31H40N4O5. The summed E-state index contributed by atoms with van der Waals surface area (Å²) in [5.41, 5.74) is 2.28. The van der Waals surface area contributed by atoms with Crippen molar-refractivity contribution in [1.29, 1.82) is 0 Å². The number of aromatic nitrogens is 2. The number of fused-ring (bicyclic) bond motifs is 1. The number of Topliss-reactive ketones (excluding diaryl/α,β-unsaturated/α-hetero) is 1. The molecule has 0 bridgehead atoms. The highest BCUT2D eigenvalue weighted by Gasteiger charge is 2.46. The first-order valence-electron chi connectivity index (χ1n) is 14.0. The van der Waals surface area contributed by atoms with Crippen molar-refractivity contribution < 1.29 is 24.2 Å². The van der Waals surface area contributed by atoms with E-state index in [2.05, 4.69) is 37.6 Å². The van der Waals surface area contributed by atoms with Crippen LogP contribution in [0.2, 0.25) is 0 Å². The third-order valence-corrected chi connectivity index (χ3v) is 7.48. The van der Waals surface area contributed by atoms with E-state index < -0.39 is 17.7 Å². The number of likely N-dealkylation sites (tertiary alicyclic amines) is 1. The van der Waals surface area contributed by atoms with E-state index in [0.717, 1.165) is 19.5 Å². The molecule has 1 N–H and O–H groups in total. The van der Waals surface area contributed by atoms with Crippen LogP contribution in [0, 0.1) is 12.8 Å². The van der Waals surface area contributed by atoms with Gasteiger partial charge in [-0.1, -0.05) is 39.8 Å². The molecule has 1 saturated heterocycles. The van der Waals surface area contributed by atoms with E-state index in [-0.39, 0.29) is 11.3 Å². The van der Waals surface area contributed by atoms with Crippen molar-refractivity contribution in [3.05, 3.63) is 65.1 Å². The molecule has 40 heavy (non-hydrogen) atoms. The van der Waals surface area contributed by atoms with Gasteiger partial charge in [-0.2, -0.15) is 0 Å². The number of pyridine rings is 1. The molecule has 214 valence electrons. The number of amides is 1. The summed E-state index contributed by atoms with van der Waals surface area (Å²) in [5, 5.41) is 11.7. The van der Waals surface area contributed by atoms with Crippen LogP contribution in [0.4, 0.5) is 0 Å². The third-order valence-electron chi connectivity index (χ3n) is 7.48. The summed E-state index contributed by atoms with van der Waals surface area (Å²) in [5.74, 6) is -0.0174. The average molecular weight is 549 g/mol. The molecule has 9 nitrogen and oxygen atoms in total. The first-order chi connectivity index (χ1) is 19.2. The van der Waals surface area contributed by atoms with Gasteiger partial charge in [-0.05, 0) is 62.2 Å². The molecule has 1 amide bonds. The largest absolute Gasteiger partial charge is 0.505 e. The second-order valence-electron chi connectivity index (χ2n) is 10.4. The van der Waals surface area contributed by atoms with Gasteiger partial charge in [0, 0.05) is 19.3 Å². The van der Waals surface area contributed by atoms with Gasteiger partial charge in [-0.15, -0.1) is 0 Å². The molecule has 0 saturated carbocycles. The number of hydrogen-bond acceptors (Lipinski definition) is 7. The molecule has 0 radical (unpaired) electrons. The number of imidazole rings is 1. The Balaban J connectivity index is 1.84. The molecular weight excluding hydrogens is 508 g/mol. The minimum Gasteiger partial charge on any atom is -0.505 e. The number of nitrogens with zero attached hydrogens (tertiary/aromatic N) is 4. The summed E-state index contributed by atoms with van der Waals surface area (Å²) in [7, 11) is 1.56. The number of likely N-dealkylation sites (N-methyl/N-ethyl adjacent to an activating group) is 1. The number of ketones is 1. The van der Waals surface area contributed by atoms with Crippen LogP contribution < -0.4 is 9.47 Å². The Morgan fingerprint density at radius 2 is 1.88 bits per heavy atom. The number of aryl methyl sites for hydroxylation is 1. The van der Waals surface area contributed by atoms with Gasteiger partial charge in [0.25, 0.3) is 11.7 Å². The van der Waals surface area contributed by atoms with Gasteiger partial charge in [-0.3, -0.25) is 14.0 Å². The van der Waals surface area contributed by atoms with Crippen molar-refractivity contribution in [1.82, 2.24) is 19.2 Å². The number of aliphatic hydroxyl groups is 1. The molecule has 0 spiro atoms. The Hall–Kier alpha value is -3.85. The van der Waals surface area contributed by atoms with Gasteiger partial charge < -0.3 is 24.4 Å². The Labute approximate surface area is 236 Å². The van der Waals surface area contributed by atoms with E-state index in [0.29, 0.717) is 59.7 Å². The summed E-state index contributed by atoms with van der Waals surface area (Å²) < 4.78 is 13.4. The lowest BCUT2D eigenvalue weighted by atomic mass is 9.96. The van der Waals surface area contributed by atoms with E-state index >= 15 is 0 Å². The van der Waals surface area contributed by atoms with Gasteiger partial charge in [0.1, 0.15) is 11.3 Å². The van der Waals surface area contributed by atoms with Gasteiger partial charge in [0.05, 0.1) is 31.0 Å². The molecule has 4 rings (SSSR count). The predicted octanol–water partition coefficient (Wildman–Crippen LogP) is 4.84. The maximum atomic E-state index is 13.6. The molecule has 1 aliphatic rings. The molecule has 3 heterocycles. The highest BCUT2D eigenvalue weighted by atomic mass is 16.5. The van der Waals surface area contributed by atoms with Gasteiger partial charge in [-0.25, -0.2) is 4.98 Å². The quantitative estimate of drug-likeness (QED) is 0.197. The smallest absolute Gasteiger partial charge is 0.295 e. The fourth-order valence-corrected chi connectivity index (χ4v) is 5.15. The molecule has 1 aromatic carbocycles.